The molecular weight excluding hydrogens is 769 g/mol. The molecule has 61 heavy (non-hydrogen) atoms. The number of methoxy groups -OCH3 is 1. The number of pyridine rings is 1. The second kappa shape index (κ2) is 15.6. The molecule has 1 aromatic heterocycles. The number of aromatic hydroxyl groups is 2. The van der Waals surface area contributed by atoms with E-state index in [4.69, 9.17) is 29.7 Å². The van der Waals surface area contributed by atoms with E-state index in [1.807, 2.05) is 19.2 Å². The van der Waals surface area contributed by atoms with E-state index in [0.29, 0.717) is 47.9 Å². The first-order valence-electron chi connectivity index (χ1n) is 21.9. The first kappa shape index (κ1) is 39.4. The lowest BCUT2D eigenvalue weighted by molar-refractivity contribution is -0.141. The second-order valence-electron chi connectivity index (χ2n) is 18.0. The number of nitrogen functional groups attached to an aromatic ring is 1. The number of ether oxygens (including phenoxy) is 4. The van der Waals surface area contributed by atoms with Gasteiger partial charge in [-0.15, -0.1) is 0 Å². The summed E-state index contributed by atoms with van der Waals surface area (Å²) < 4.78 is 26.3. The molecule has 2 fully saturated rings. The van der Waals surface area contributed by atoms with Crippen LogP contribution in [0.4, 0.5) is 5.82 Å². The van der Waals surface area contributed by atoms with Crippen LogP contribution in [0.15, 0.2) is 48.5 Å². The first-order chi connectivity index (χ1) is 29.6. The Hall–Kier alpha value is -5.70. The van der Waals surface area contributed by atoms with Crippen molar-refractivity contribution in [2.75, 3.05) is 33.0 Å². The molecule has 6 atom stereocenters. The van der Waals surface area contributed by atoms with Gasteiger partial charge in [0.05, 0.1) is 19.1 Å². The van der Waals surface area contributed by atoms with E-state index in [1.54, 1.807) is 19.2 Å². The van der Waals surface area contributed by atoms with Gasteiger partial charge in [0, 0.05) is 65.2 Å². The van der Waals surface area contributed by atoms with E-state index >= 15 is 0 Å². The zero-order valence-electron chi connectivity index (χ0n) is 35.1. The molecule has 4 aromatic rings. The van der Waals surface area contributed by atoms with Crippen LogP contribution in [-0.4, -0.2) is 66.7 Å². The lowest BCUT2D eigenvalue weighted by Crippen LogP contribution is -2.49. The summed E-state index contributed by atoms with van der Waals surface area (Å²) in [6, 6.07) is 13.8. The van der Waals surface area contributed by atoms with Gasteiger partial charge in [0.15, 0.2) is 11.5 Å². The molecule has 1 spiro atoms. The average molecular weight is 823 g/mol. The Morgan fingerprint density at radius 3 is 2.70 bits per heavy atom. The minimum absolute atomic E-state index is 0.0242. The molecule has 0 unspecified atom stereocenters. The first-order valence-corrected chi connectivity index (χ1v) is 21.9. The van der Waals surface area contributed by atoms with Crippen LogP contribution in [0.1, 0.15) is 109 Å². The van der Waals surface area contributed by atoms with E-state index in [1.165, 1.54) is 19.8 Å². The van der Waals surface area contributed by atoms with Gasteiger partial charge in [-0.05, 0) is 104 Å². The summed E-state index contributed by atoms with van der Waals surface area (Å²) in [5.74, 6) is 8.78. The van der Waals surface area contributed by atoms with Gasteiger partial charge in [-0.25, -0.2) is 4.98 Å². The van der Waals surface area contributed by atoms with Crippen LogP contribution in [0.25, 0.3) is 17.2 Å². The molecule has 3 aliphatic heterocycles. The van der Waals surface area contributed by atoms with Gasteiger partial charge in [0.1, 0.15) is 47.6 Å². The summed E-state index contributed by atoms with van der Waals surface area (Å²) >= 11 is 0. The minimum atomic E-state index is -0.633. The average Bonchev–Trinajstić information content (AvgIpc) is 3.96. The van der Waals surface area contributed by atoms with Crippen LogP contribution in [0.2, 0.25) is 0 Å². The van der Waals surface area contributed by atoms with Crippen molar-refractivity contribution in [1.82, 2.24) is 15.6 Å². The number of carbonyl (C=O) groups is 1. The van der Waals surface area contributed by atoms with Crippen LogP contribution >= 0.6 is 0 Å². The summed E-state index contributed by atoms with van der Waals surface area (Å²) in [6.45, 7) is 2.08. The predicted molar refractivity (Wildman–Crippen MR) is 233 cm³/mol. The highest BCUT2D eigenvalue weighted by Gasteiger charge is 2.51. The van der Waals surface area contributed by atoms with E-state index in [2.05, 4.69) is 52.8 Å². The number of nitrogens with zero attached hydrogens (tertiary/aromatic N) is 1. The Bertz CT molecular complexity index is 2520. The maximum absolute atomic E-state index is 12.6. The maximum Gasteiger partial charge on any atom is 0.302 e. The van der Waals surface area contributed by atoms with Crippen molar-refractivity contribution < 1.29 is 34.0 Å². The molecule has 6 N–H and O–H groups in total. The fourth-order valence-electron chi connectivity index (χ4n) is 11.6. The van der Waals surface area contributed by atoms with Crippen molar-refractivity contribution in [2.45, 2.75) is 107 Å². The maximum atomic E-state index is 12.6. The number of nitrogens with two attached hydrogens (primary N) is 1. The molecule has 2 saturated carbocycles. The molecule has 0 amide bonds. The van der Waals surface area contributed by atoms with Crippen LogP contribution < -0.4 is 30.6 Å². The molecule has 6 aliphatic rings. The van der Waals surface area contributed by atoms with Crippen molar-refractivity contribution in [3.63, 3.8) is 0 Å². The number of likely N-dealkylation sites (N-methyl/N-ethyl adjacent to an activating group) is 1. The number of phenols is 2. The number of anilines is 1. The number of benzene rings is 3. The summed E-state index contributed by atoms with van der Waals surface area (Å²) in [5, 5.41) is 30.1. The SMILES string of the molecule is CNC[C@@H]1Oc2c(O)cc3c(c2C=C[C@@H]1NC1CCCC1)[C@H]1Oc2c(ccc4c2[C@]2(CC[C@@H](Cc5ccc(N)nc5C#CC3)C2)Cc2cc(O)cc(OC)c2-4)[C@@H]1COC(C)=O. The van der Waals surface area contributed by atoms with Gasteiger partial charge in [-0.1, -0.05) is 49.1 Å². The summed E-state index contributed by atoms with van der Waals surface area (Å²) in [6.07, 6.45) is 12.5. The van der Waals surface area contributed by atoms with Crippen molar-refractivity contribution in [3.05, 3.63) is 93.2 Å². The highest BCUT2D eigenvalue weighted by Crippen LogP contribution is 2.63. The van der Waals surface area contributed by atoms with E-state index in [0.717, 1.165) is 94.3 Å². The van der Waals surface area contributed by atoms with Crippen molar-refractivity contribution in [2.24, 2.45) is 5.92 Å². The molecule has 0 saturated heterocycles. The third kappa shape index (κ3) is 6.94. The second-order valence-corrected chi connectivity index (χ2v) is 18.0. The number of aromatic nitrogens is 1. The highest BCUT2D eigenvalue weighted by molar-refractivity contribution is 5.84. The summed E-state index contributed by atoms with van der Waals surface area (Å²) in [5.41, 5.74) is 15.1. The number of esters is 1. The molecule has 4 heterocycles. The van der Waals surface area contributed by atoms with Gasteiger partial charge in [-0.3, -0.25) is 4.79 Å². The summed E-state index contributed by atoms with van der Waals surface area (Å²) in [4.78, 5) is 17.4. The summed E-state index contributed by atoms with van der Waals surface area (Å²) in [7, 11) is 3.56. The topological polar surface area (TPSA) is 157 Å². The van der Waals surface area contributed by atoms with Gasteiger partial charge in [0.2, 0.25) is 0 Å². The molecule has 11 heteroatoms. The Labute approximate surface area is 357 Å². The molecule has 0 radical (unpaired) electrons. The molecule has 3 aromatic carbocycles. The zero-order valence-corrected chi connectivity index (χ0v) is 35.1. The quantitative estimate of drug-likeness (QED) is 0.0952. The van der Waals surface area contributed by atoms with Crippen molar-refractivity contribution in [1.29, 1.82) is 0 Å². The van der Waals surface area contributed by atoms with Gasteiger partial charge < -0.3 is 45.5 Å². The van der Waals surface area contributed by atoms with E-state index in [9.17, 15) is 15.0 Å². The fourth-order valence-corrected chi connectivity index (χ4v) is 11.6. The molecule has 10 rings (SSSR count). The van der Waals surface area contributed by atoms with Crippen LogP contribution in [0.3, 0.4) is 0 Å². The van der Waals surface area contributed by atoms with Crippen LogP contribution in [0, 0.1) is 17.8 Å². The van der Waals surface area contributed by atoms with Crippen molar-refractivity contribution >= 4 is 17.9 Å². The number of hydrogen-bond donors (Lipinski definition) is 5. The van der Waals surface area contributed by atoms with Gasteiger partial charge in [0.25, 0.3) is 0 Å². The Balaban J connectivity index is 1.22. The monoisotopic (exact) mass is 822 g/mol. The van der Waals surface area contributed by atoms with E-state index < -0.39 is 12.0 Å². The standard InChI is InChI=1S/C50H54N4O7/c1-27(55)59-26-37-34-12-13-35-44-31(20-33(56)22-41(44)58-3)24-50-18-17-28(23-50)19-29-11-16-43(51)54-38(29)10-6-7-30-21-40(57)47-36(45(30)48(37)61-49(34)46(35)50)14-15-39(42(60-47)25-52-2)53-32-8-4-5-9-32/h11-16,20-22,28,32,37,39,42,48,52-53,56-57H,4-5,7-9,17-19,23-26H2,1-3H3,(H2,51,54)/t28-,37-,39-,42-,48-,50-/m0/s1. The fraction of sp³-hybridized carbons (Fsp3) is 0.440. The highest BCUT2D eigenvalue weighted by atomic mass is 16.5. The zero-order chi connectivity index (χ0) is 42.0. The number of phenolic OH excluding ortho intramolecular Hbond substituents is 2. The lowest BCUT2D eigenvalue weighted by atomic mass is 9.65. The third-order valence-corrected chi connectivity index (χ3v) is 14.1. The molecule has 3 aliphatic carbocycles. The molecule has 316 valence electrons. The number of fused-ring (bicyclic) bond motifs is 9. The van der Waals surface area contributed by atoms with Crippen LogP contribution in [-0.2, 0) is 34.2 Å². The number of rotatable bonds is 7. The molecular formula is C50H54N4O7. The molecule has 4 bridgehead atoms. The normalized spacial score (nSPS) is 25.5. The van der Waals surface area contributed by atoms with Gasteiger partial charge in [-0.2, -0.15) is 0 Å². The smallest absolute Gasteiger partial charge is 0.302 e. The van der Waals surface area contributed by atoms with Gasteiger partial charge >= 0.3 is 5.97 Å². The Morgan fingerprint density at radius 1 is 1.05 bits per heavy atom. The van der Waals surface area contributed by atoms with Crippen molar-refractivity contribution in [3.8, 4) is 51.7 Å². The molecule has 11 nitrogen and oxygen atoms in total. The Morgan fingerprint density at radius 2 is 1.90 bits per heavy atom. The predicted octanol–water partition coefficient (Wildman–Crippen LogP) is 7.17. The number of nitrogens with one attached hydrogen (secondary N) is 2. The van der Waals surface area contributed by atoms with E-state index in [-0.39, 0.29) is 48.1 Å². The number of carbonyl (C=O) groups excluding carboxylic acids is 1. The Kier molecular flexibility index (Phi) is 10.1. The third-order valence-electron chi connectivity index (χ3n) is 14.1. The lowest BCUT2D eigenvalue weighted by Gasteiger charge is -2.39. The number of hydrogen-bond acceptors (Lipinski definition) is 11. The van der Waals surface area contributed by atoms with Crippen LogP contribution in [0.5, 0.6) is 28.7 Å². The largest absolute Gasteiger partial charge is 0.508 e. The minimum Gasteiger partial charge on any atom is -0.508 e.